The van der Waals surface area contributed by atoms with Crippen molar-refractivity contribution in [2.75, 3.05) is 26.7 Å². The summed E-state index contributed by atoms with van der Waals surface area (Å²) in [7, 11) is 1.81. The maximum Gasteiger partial charge on any atom is 0.416 e. The number of rotatable bonds is 8. The predicted molar refractivity (Wildman–Crippen MR) is 195 cm³/mol. The molecule has 52 heavy (non-hydrogen) atoms. The molecular weight excluding hydrogens is 717 g/mol. The molecule has 5 rings (SSSR count). The van der Waals surface area contributed by atoms with Crippen molar-refractivity contribution in [1.29, 1.82) is 0 Å². The molecule has 0 unspecified atom stereocenters. The number of carbonyl (C=O) groups is 3. The Balaban J connectivity index is 1.61. The van der Waals surface area contributed by atoms with E-state index in [0.717, 1.165) is 40.4 Å². The van der Waals surface area contributed by atoms with Crippen molar-refractivity contribution in [2.24, 2.45) is 5.73 Å². The van der Waals surface area contributed by atoms with Crippen LogP contribution in [0.25, 0.3) is 10.9 Å². The predicted octanol–water partition coefficient (Wildman–Crippen LogP) is 4.38. The molecule has 2 aromatic heterocycles. The molecule has 0 saturated heterocycles. The quantitative estimate of drug-likeness (QED) is 0.145. The molecule has 0 bridgehead atoms. The zero-order valence-corrected chi connectivity index (χ0v) is 30.4. The molecule has 3 amide bonds. The third-order valence-corrected chi connectivity index (χ3v) is 10.6. The largest absolute Gasteiger partial charge is 0.416 e. The van der Waals surface area contributed by atoms with Crippen LogP contribution in [0.2, 0.25) is 5.02 Å². The Morgan fingerprint density at radius 1 is 1.06 bits per heavy atom. The minimum Gasteiger partial charge on any atom is -0.361 e. The van der Waals surface area contributed by atoms with Crippen molar-refractivity contribution >= 4 is 52.0 Å². The second-order valence-corrected chi connectivity index (χ2v) is 13.8. The van der Waals surface area contributed by atoms with Crippen LogP contribution < -0.4 is 27.0 Å². The van der Waals surface area contributed by atoms with Gasteiger partial charge in [0.2, 0.25) is 17.7 Å². The van der Waals surface area contributed by atoms with Crippen molar-refractivity contribution in [1.82, 2.24) is 36.1 Å². The lowest BCUT2D eigenvalue weighted by Crippen LogP contribution is -2.60. The first kappa shape index (κ1) is 39.1. The van der Waals surface area contributed by atoms with E-state index in [-0.39, 0.29) is 48.1 Å². The van der Waals surface area contributed by atoms with Crippen LogP contribution in [-0.4, -0.2) is 77.4 Å². The fourth-order valence-corrected chi connectivity index (χ4v) is 7.58. The van der Waals surface area contributed by atoms with E-state index in [1.807, 2.05) is 24.3 Å². The number of aromatic nitrogens is 2. The molecule has 278 valence electrons. The average Bonchev–Trinajstić information content (AvgIpc) is 3.54. The van der Waals surface area contributed by atoms with Gasteiger partial charge in [0.15, 0.2) is 0 Å². The van der Waals surface area contributed by atoms with Gasteiger partial charge in [-0.25, -0.2) is 4.98 Å². The lowest BCUT2D eigenvalue weighted by atomic mass is 10.0. The fourth-order valence-electron chi connectivity index (χ4n) is 6.23. The highest BCUT2D eigenvalue weighted by Gasteiger charge is 2.36. The van der Waals surface area contributed by atoms with Gasteiger partial charge in [0, 0.05) is 60.8 Å². The SMILES string of the molecule is CCN1C(=O)[C@H](CN)NC(=O)[C@H](CCCNC)NCc2cccnc2Sc2c(Cl)cc(C(F)(F)F)cc2CNC(=O)[C@@H]1Cc1c[nH]c2ccccc12. The number of nitrogens with one attached hydrogen (secondary N) is 5. The van der Waals surface area contributed by atoms with Crippen LogP contribution in [0.3, 0.4) is 0 Å². The number of fused-ring (bicyclic) bond motifs is 3. The van der Waals surface area contributed by atoms with Crippen LogP contribution in [0.1, 0.15) is 42.0 Å². The van der Waals surface area contributed by atoms with Crippen molar-refractivity contribution in [2.45, 2.75) is 73.5 Å². The summed E-state index contributed by atoms with van der Waals surface area (Å²) in [6, 6.07) is 9.79. The maximum atomic E-state index is 14.2. The van der Waals surface area contributed by atoms with Crippen LogP contribution >= 0.6 is 23.4 Å². The number of pyridine rings is 1. The Morgan fingerprint density at radius 3 is 2.58 bits per heavy atom. The molecule has 0 radical (unpaired) electrons. The number of H-pyrrole nitrogens is 1. The minimum atomic E-state index is -4.71. The molecule has 0 spiro atoms. The number of para-hydroxylation sites is 1. The molecule has 0 fully saturated rings. The Morgan fingerprint density at radius 2 is 1.85 bits per heavy atom. The van der Waals surface area contributed by atoms with Gasteiger partial charge in [0.25, 0.3) is 0 Å². The number of amides is 3. The van der Waals surface area contributed by atoms with Gasteiger partial charge in [-0.3, -0.25) is 14.4 Å². The first-order valence-electron chi connectivity index (χ1n) is 17.0. The maximum absolute atomic E-state index is 14.2. The van der Waals surface area contributed by atoms with Gasteiger partial charge in [-0.15, -0.1) is 0 Å². The lowest BCUT2D eigenvalue weighted by molar-refractivity contribution is -0.143. The van der Waals surface area contributed by atoms with E-state index >= 15 is 0 Å². The first-order chi connectivity index (χ1) is 24.9. The second kappa shape index (κ2) is 17.6. The summed E-state index contributed by atoms with van der Waals surface area (Å²) in [6.07, 6.45) is -0.277. The number of likely N-dealkylation sites (N-methyl/N-ethyl adjacent to an activating group) is 1. The molecular formula is C36H42ClF3N8O3S. The summed E-state index contributed by atoms with van der Waals surface area (Å²) < 4.78 is 42.1. The zero-order chi connectivity index (χ0) is 37.4. The summed E-state index contributed by atoms with van der Waals surface area (Å²) in [6.45, 7) is 2.04. The number of benzene rings is 2. The van der Waals surface area contributed by atoms with E-state index in [1.54, 1.807) is 38.5 Å². The van der Waals surface area contributed by atoms with Gasteiger partial charge in [-0.05, 0) is 74.3 Å². The number of nitrogens with zero attached hydrogens (tertiary/aromatic N) is 2. The number of halogens is 4. The molecule has 3 atom stereocenters. The van der Waals surface area contributed by atoms with E-state index in [0.29, 0.717) is 30.0 Å². The van der Waals surface area contributed by atoms with E-state index in [9.17, 15) is 27.6 Å². The third-order valence-electron chi connectivity index (χ3n) is 8.97. The topological polar surface area (TPSA) is 157 Å². The third kappa shape index (κ3) is 9.25. The Labute approximate surface area is 309 Å². The molecule has 3 heterocycles. The Hall–Kier alpha value is -4.15. The number of nitrogens with two attached hydrogens (primary N) is 1. The molecule has 1 aliphatic rings. The number of carbonyl (C=O) groups excluding carboxylic acids is 3. The number of aromatic amines is 1. The molecule has 0 aliphatic carbocycles. The van der Waals surface area contributed by atoms with E-state index in [2.05, 4.69) is 31.2 Å². The highest BCUT2D eigenvalue weighted by molar-refractivity contribution is 7.99. The number of hydrogen-bond donors (Lipinski definition) is 6. The summed E-state index contributed by atoms with van der Waals surface area (Å²) in [5.41, 5.74) is 7.48. The standard InChI is InChI=1S/C36H42ClF3N8O3S/c1-3-48-30(15-22-19-44-27-10-5-4-9-25(22)27)33(50)46-20-23-14-24(36(38,39)40)16-26(37)31(23)52-34-21(8-6-13-43-34)18-45-28(11-7-12-42-2)32(49)47-29(17-41)35(48)51/h4-6,8-10,13-14,16,19,28-30,42,44-45H,3,7,11-12,15,17-18,20,41H2,1-2H3,(H,46,50)(H,47,49)/t28-,29-,30-/m0/s1. The first-order valence-corrected chi connectivity index (χ1v) is 18.2. The summed E-state index contributed by atoms with van der Waals surface area (Å²) >= 11 is 7.63. The molecule has 11 nitrogen and oxygen atoms in total. The number of alkyl halides is 3. The van der Waals surface area contributed by atoms with Crippen LogP contribution in [0, 0.1) is 0 Å². The normalized spacial score (nSPS) is 19.5. The van der Waals surface area contributed by atoms with E-state index in [1.165, 1.54) is 4.90 Å². The van der Waals surface area contributed by atoms with Crippen LogP contribution in [0.15, 0.2) is 70.8 Å². The molecule has 7 N–H and O–H groups in total. The molecule has 1 aliphatic heterocycles. The van der Waals surface area contributed by atoms with Crippen LogP contribution in [-0.2, 0) is 40.1 Å². The highest BCUT2D eigenvalue weighted by Crippen LogP contribution is 2.41. The van der Waals surface area contributed by atoms with Crippen molar-refractivity contribution in [3.8, 4) is 0 Å². The molecule has 16 heteroatoms. The molecule has 0 saturated carbocycles. The van der Waals surface area contributed by atoms with Crippen LogP contribution in [0.5, 0.6) is 0 Å². The summed E-state index contributed by atoms with van der Waals surface area (Å²) in [5.74, 6) is -1.62. The van der Waals surface area contributed by atoms with Gasteiger partial charge in [0.05, 0.1) is 16.6 Å². The molecule has 2 aromatic carbocycles. The van der Waals surface area contributed by atoms with Gasteiger partial charge in [-0.2, -0.15) is 13.2 Å². The minimum absolute atomic E-state index is 0.0666. The smallest absolute Gasteiger partial charge is 0.361 e. The van der Waals surface area contributed by atoms with Crippen molar-refractivity contribution in [3.63, 3.8) is 0 Å². The zero-order valence-electron chi connectivity index (χ0n) is 28.8. The summed E-state index contributed by atoms with van der Waals surface area (Å²) in [5, 5.41) is 13.1. The Kier molecular flexibility index (Phi) is 13.2. The lowest BCUT2D eigenvalue weighted by Gasteiger charge is -2.33. The van der Waals surface area contributed by atoms with E-state index in [4.69, 9.17) is 17.3 Å². The van der Waals surface area contributed by atoms with Crippen molar-refractivity contribution in [3.05, 3.63) is 88.2 Å². The Bertz CT molecular complexity index is 1890. The molecule has 4 aromatic rings. The average molecular weight is 759 g/mol. The summed E-state index contributed by atoms with van der Waals surface area (Å²) in [4.78, 5) is 51.6. The highest BCUT2D eigenvalue weighted by atomic mass is 35.5. The van der Waals surface area contributed by atoms with Crippen LogP contribution in [0.4, 0.5) is 13.2 Å². The monoisotopic (exact) mass is 758 g/mol. The second-order valence-electron chi connectivity index (χ2n) is 12.4. The van der Waals surface area contributed by atoms with Crippen molar-refractivity contribution < 1.29 is 27.6 Å². The van der Waals surface area contributed by atoms with Gasteiger partial charge in [-0.1, -0.05) is 47.6 Å². The van der Waals surface area contributed by atoms with Gasteiger partial charge < -0.3 is 36.9 Å². The fraction of sp³-hybridized carbons (Fsp3) is 0.389. The van der Waals surface area contributed by atoms with Gasteiger partial charge in [0.1, 0.15) is 17.1 Å². The van der Waals surface area contributed by atoms with E-state index < -0.39 is 47.6 Å². The van der Waals surface area contributed by atoms with Gasteiger partial charge >= 0.3 is 6.18 Å². The number of hydrogen-bond acceptors (Lipinski definition) is 8.